The molecule has 0 heterocycles. The van der Waals surface area contributed by atoms with Crippen LogP contribution in [0.2, 0.25) is 13.1 Å². The molecule has 2 aliphatic carbocycles. The molecule has 0 radical (unpaired) electrons. The van der Waals surface area contributed by atoms with Crippen molar-refractivity contribution in [2.75, 3.05) is 0 Å². The van der Waals surface area contributed by atoms with Gasteiger partial charge < -0.3 is 24.8 Å². The Bertz CT molecular complexity index is 1720. The average Bonchev–Trinajstić information content (AvgIpc) is 3.49. The number of halogens is 2. The summed E-state index contributed by atoms with van der Waals surface area (Å²) in [5.41, 5.74) is 18.6. The van der Waals surface area contributed by atoms with E-state index in [0.29, 0.717) is 5.92 Å². The fourth-order valence-corrected chi connectivity index (χ4v) is 16.6. The van der Waals surface area contributed by atoms with Crippen molar-refractivity contribution in [1.82, 2.24) is 0 Å². The van der Waals surface area contributed by atoms with Gasteiger partial charge in [-0.3, -0.25) is 0 Å². The molecule has 1 atom stereocenters. The van der Waals surface area contributed by atoms with Crippen molar-refractivity contribution >= 4 is 15.3 Å². The fourth-order valence-electron chi connectivity index (χ4n) is 7.35. The van der Waals surface area contributed by atoms with Crippen LogP contribution in [0.5, 0.6) is 0 Å². The third-order valence-electron chi connectivity index (χ3n) is 9.42. The summed E-state index contributed by atoms with van der Waals surface area (Å²) in [6.07, 6.45) is 6.02. The summed E-state index contributed by atoms with van der Waals surface area (Å²) in [6.45, 7) is 22.0. The summed E-state index contributed by atoms with van der Waals surface area (Å²) in [7, 11) is 0. The predicted octanol–water partition coefficient (Wildman–Crippen LogP) is 4.55. The van der Waals surface area contributed by atoms with Gasteiger partial charge in [0, 0.05) is 0 Å². The topological polar surface area (TPSA) is 0 Å². The number of fused-ring (bicyclic) bond motifs is 4. The van der Waals surface area contributed by atoms with Crippen LogP contribution >= 0.6 is 0 Å². The average molecular weight is 731 g/mol. The Hall–Kier alpha value is -1.70. The van der Waals surface area contributed by atoms with E-state index in [1.807, 2.05) is 3.27 Å². The van der Waals surface area contributed by atoms with E-state index in [-0.39, 0.29) is 35.6 Å². The minimum Gasteiger partial charge on any atom is -1.00 e. The van der Waals surface area contributed by atoms with E-state index in [1.54, 1.807) is 22.3 Å². The molecule has 0 fully saturated rings. The maximum absolute atomic E-state index is 2.67. The first kappa shape index (κ1) is 36.1. The predicted molar refractivity (Wildman–Crippen MR) is 187 cm³/mol. The van der Waals surface area contributed by atoms with Crippen LogP contribution in [0.4, 0.5) is 0 Å². The van der Waals surface area contributed by atoms with Crippen LogP contribution in [0.3, 0.4) is 0 Å². The van der Waals surface area contributed by atoms with E-state index in [0.717, 1.165) is 12.8 Å². The molecule has 0 spiro atoms. The maximum Gasteiger partial charge on any atom is -1.00 e. The Labute approximate surface area is 297 Å². The Morgan fingerprint density at radius 1 is 0.778 bits per heavy atom. The number of rotatable bonds is 6. The number of hydrogen-bond donors (Lipinski definition) is 0. The zero-order valence-electron chi connectivity index (χ0n) is 28.5. The second kappa shape index (κ2) is 13.8. The molecule has 0 bridgehead atoms. The summed E-state index contributed by atoms with van der Waals surface area (Å²) < 4.78 is 1.84. The van der Waals surface area contributed by atoms with Crippen LogP contribution < -0.4 is 28.1 Å². The Balaban J connectivity index is 0.00000230. The minimum absolute atomic E-state index is 0. The summed E-state index contributed by atoms with van der Waals surface area (Å²) in [5, 5.41) is 0. The van der Waals surface area contributed by atoms with Gasteiger partial charge in [0.25, 0.3) is 0 Å². The minimum atomic E-state index is -0.732. The van der Waals surface area contributed by atoms with Crippen LogP contribution in [-0.4, -0.2) is 5.92 Å². The molecule has 0 saturated carbocycles. The third kappa shape index (κ3) is 6.83. The van der Waals surface area contributed by atoms with Crippen molar-refractivity contribution in [2.24, 2.45) is 0 Å². The molecule has 4 aromatic rings. The molecular weight excluding hydrogens is 683 g/mol. The molecule has 0 amide bonds. The molecule has 1 unspecified atom stereocenters. The van der Waals surface area contributed by atoms with Gasteiger partial charge in [-0.1, -0.05) is 0 Å². The van der Waals surface area contributed by atoms with Crippen molar-refractivity contribution < 1.29 is 47.2 Å². The molecule has 4 heteroatoms. The Morgan fingerprint density at radius 2 is 1.49 bits per heavy atom. The quantitative estimate of drug-likeness (QED) is 0.225. The van der Waals surface area contributed by atoms with Crippen molar-refractivity contribution in [3.05, 3.63) is 117 Å². The molecule has 234 valence electrons. The van der Waals surface area contributed by atoms with Gasteiger partial charge in [-0.2, -0.15) is 0 Å². The van der Waals surface area contributed by atoms with E-state index in [2.05, 4.69) is 140 Å². The van der Waals surface area contributed by atoms with Gasteiger partial charge in [0.15, 0.2) is 0 Å². The van der Waals surface area contributed by atoms with Gasteiger partial charge in [-0.05, 0) is 0 Å². The van der Waals surface area contributed by atoms with E-state index in [4.69, 9.17) is 0 Å². The molecule has 0 aliphatic heterocycles. The fraction of sp³-hybridized carbons (Fsp3) is 0.366. The second-order valence-corrected chi connectivity index (χ2v) is 29.6. The summed E-state index contributed by atoms with van der Waals surface area (Å²) in [6, 6.07) is 28.2. The van der Waals surface area contributed by atoms with Gasteiger partial charge in [0.05, 0.1) is 0 Å². The van der Waals surface area contributed by atoms with E-state index in [1.165, 1.54) is 50.9 Å². The largest absolute Gasteiger partial charge is 1.00 e. The molecule has 0 nitrogen and oxygen atoms in total. The second-order valence-electron chi connectivity index (χ2n) is 15.2. The number of benzene rings is 4. The standard InChI is InChI=1S/C39H41.C2H7Si.2ClH.Zr/c1-8-13-27-21-33-30(25-14-10-9-11-15-25)16-12-17-31(33)37(27)36-24-29(39(5,6)7)23-35-32-22-28(38(2,3)4)19-18-26(32)20-34(35)36;1-3-2;;;/h9-12,14-19,21-23,37H,8,13,20H2,1-7H3;3H,1-2H3;2*1H;/q;;;;+2/p-2. The molecule has 45 heavy (non-hydrogen) atoms. The smallest absolute Gasteiger partial charge is 1.00 e. The Morgan fingerprint density at radius 3 is 2.11 bits per heavy atom. The van der Waals surface area contributed by atoms with Crippen LogP contribution in [0, 0.1) is 0 Å². The van der Waals surface area contributed by atoms with Crippen LogP contribution in [-0.2, 0) is 39.6 Å². The SMILES string of the molecule is CCCC1=Cc2c(-c3ccccc3)cccc2C1c1c2c(cc(C(C)(C)C)[c]1[Zr+2][SiH](C)C)-c1cc(C(C)(C)C)ccc1C2.[Cl-].[Cl-]. The summed E-state index contributed by atoms with van der Waals surface area (Å²) in [4.78, 5) is 0. The van der Waals surface area contributed by atoms with Crippen molar-refractivity contribution in [2.45, 2.75) is 97.6 Å². The first-order valence-corrected chi connectivity index (χ1v) is 24.7. The zero-order chi connectivity index (χ0) is 30.7. The van der Waals surface area contributed by atoms with Gasteiger partial charge in [0.2, 0.25) is 0 Å². The molecule has 2 aliphatic rings. The van der Waals surface area contributed by atoms with Crippen LogP contribution in [0.1, 0.15) is 106 Å². The van der Waals surface area contributed by atoms with E-state index in [9.17, 15) is 0 Å². The van der Waals surface area contributed by atoms with E-state index >= 15 is 0 Å². The molecule has 0 aromatic heterocycles. The molecule has 0 saturated heterocycles. The molecule has 4 aromatic carbocycles. The third-order valence-corrected chi connectivity index (χ3v) is 18.0. The zero-order valence-corrected chi connectivity index (χ0v) is 33.7. The van der Waals surface area contributed by atoms with Crippen molar-refractivity contribution in [3.63, 3.8) is 0 Å². The van der Waals surface area contributed by atoms with Crippen LogP contribution in [0.15, 0.2) is 78.4 Å². The van der Waals surface area contributed by atoms with Crippen molar-refractivity contribution in [1.29, 1.82) is 0 Å². The monoisotopic (exact) mass is 728 g/mol. The number of hydrogen-bond acceptors (Lipinski definition) is 0. The van der Waals surface area contributed by atoms with Gasteiger partial charge in [-0.25, -0.2) is 0 Å². The van der Waals surface area contributed by atoms with Gasteiger partial charge in [0.1, 0.15) is 0 Å². The van der Waals surface area contributed by atoms with Gasteiger partial charge in [-0.15, -0.1) is 0 Å². The maximum atomic E-state index is 2.67. The first-order chi connectivity index (χ1) is 20.4. The van der Waals surface area contributed by atoms with Crippen LogP contribution in [0.25, 0.3) is 28.3 Å². The van der Waals surface area contributed by atoms with E-state index < -0.39 is 28.3 Å². The molecule has 6 rings (SSSR count). The Kier molecular flexibility index (Phi) is 11.1. The summed E-state index contributed by atoms with van der Waals surface area (Å²) >= 11 is -0.731. The number of allylic oxidation sites excluding steroid dienone is 1. The molecule has 0 N–H and O–H groups in total. The first-order valence-electron chi connectivity index (χ1n) is 16.4. The molecular formula is C41H48Cl2SiZr. The van der Waals surface area contributed by atoms with Gasteiger partial charge >= 0.3 is 275 Å². The van der Waals surface area contributed by atoms with Crippen molar-refractivity contribution in [3.8, 4) is 22.3 Å². The summed E-state index contributed by atoms with van der Waals surface area (Å²) in [5.74, 6) is -0.362. The normalized spacial score (nSPS) is 15.0.